The van der Waals surface area contributed by atoms with Crippen LogP contribution in [0.15, 0.2) is 6.33 Å². The summed E-state index contributed by atoms with van der Waals surface area (Å²) >= 11 is 0. The Bertz CT molecular complexity index is 291. The van der Waals surface area contributed by atoms with Gasteiger partial charge in [0, 0.05) is 7.05 Å². The molecule has 1 rings (SSSR count). The second-order valence-corrected chi connectivity index (χ2v) is 2.33. The highest BCUT2D eigenvalue weighted by atomic mass is 15.3. The average Bonchev–Trinajstić information content (AvgIpc) is 2.46. The van der Waals surface area contributed by atoms with Crippen molar-refractivity contribution < 1.29 is 0 Å². The maximum absolute atomic E-state index is 4.05. The van der Waals surface area contributed by atoms with E-state index < -0.39 is 0 Å². The molecule has 1 N–H and O–H groups in total. The number of nitrogens with one attached hydrogen (secondary N) is 1. The first-order valence-corrected chi connectivity index (χ1v) is 3.78. The molecular weight excluding hydrogens is 152 g/mol. The zero-order valence-corrected chi connectivity index (χ0v) is 7.33. The predicted molar refractivity (Wildman–Crippen MR) is 46.2 cm³/mol. The molecule has 64 valence electrons. The van der Waals surface area contributed by atoms with E-state index in [1.54, 1.807) is 11.0 Å². The Morgan fingerprint density at radius 1 is 1.67 bits per heavy atom. The predicted octanol–water partition coefficient (Wildman–Crippen LogP) is -0.0720. The Labute approximate surface area is 72.0 Å². The van der Waals surface area contributed by atoms with Crippen molar-refractivity contribution in [1.29, 1.82) is 0 Å². The van der Waals surface area contributed by atoms with Crippen molar-refractivity contribution in [2.45, 2.75) is 13.5 Å². The van der Waals surface area contributed by atoms with Crippen LogP contribution >= 0.6 is 0 Å². The Morgan fingerprint density at radius 3 is 3.08 bits per heavy atom. The molecule has 0 aliphatic heterocycles. The highest BCUT2D eigenvalue weighted by molar-refractivity contribution is 4.97. The number of aryl methyl sites for hydroxylation is 1. The second-order valence-electron chi connectivity index (χ2n) is 2.33. The van der Waals surface area contributed by atoms with Crippen LogP contribution in [0.4, 0.5) is 0 Å². The van der Waals surface area contributed by atoms with Crippen LogP contribution in [0.3, 0.4) is 0 Å². The minimum atomic E-state index is 0.698. The van der Waals surface area contributed by atoms with Gasteiger partial charge in [-0.25, -0.2) is 4.98 Å². The molecule has 0 saturated carbocycles. The van der Waals surface area contributed by atoms with E-state index in [9.17, 15) is 0 Å². The maximum Gasteiger partial charge on any atom is 0.140 e. The van der Waals surface area contributed by atoms with E-state index in [-0.39, 0.29) is 0 Å². The monoisotopic (exact) mass is 164 g/mol. The second kappa shape index (κ2) is 4.52. The molecule has 4 nitrogen and oxygen atoms in total. The van der Waals surface area contributed by atoms with Gasteiger partial charge in [-0.05, 0) is 6.92 Å². The first kappa shape index (κ1) is 8.75. The van der Waals surface area contributed by atoms with Gasteiger partial charge < -0.3 is 0 Å². The fourth-order valence-electron chi connectivity index (χ4n) is 0.805. The molecule has 0 radical (unpaired) electrons. The molecule has 0 aliphatic carbocycles. The number of hydrogen-bond donors (Lipinski definition) is 1. The van der Waals surface area contributed by atoms with E-state index in [0.29, 0.717) is 13.1 Å². The molecule has 1 aromatic heterocycles. The van der Waals surface area contributed by atoms with E-state index in [1.807, 2.05) is 14.0 Å². The molecule has 0 aliphatic rings. The molecule has 0 bridgehead atoms. The fourth-order valence-corrected chi connectivity index (χ4v) is 0.805. The highest BCUT2D eigenvalue weighted by Gasteiger charge is 1.96. The largest absolute Gasteiger partial charge is 0.299 e. The van der Waals surface area contributed by atoms with Gasteiger partial charge in [0.25, 0.3) is 0 Å². The quantitative estimate of drug-likeness (QED) is 0.502. The molecule has 0 saturated heterocycles. The summed E-state index contributed by atoms with van der Waals surface area (Å²) in [7, 11) is 1.87. The van der Waals surface area contributed by atoms with Gasteiger partial charge >= 0.3 is 0 Å². The normalized spacial score (nSPS) is 9.17. The van der Waals surface area contributed by atoms with Crippen molar-refractivity contribution in [3.05, 3.63) is 12.2 Å². The van der Waals surface area contributed by atoms with Crippen molar-refractivity contribution in [3.63, 3.8) is 0 Å². The van der Waals surface area contributed by atoms with Crippen LogP contribution in [0.1, 0.15) is 12.7 Å². The topological polar surface area (TPSA) is 42.7 Å². The minimum absolute atomic E-state index is 0.698. The summed E-state index contributed by atoms with van der Waals surface area (Å²) in [5.41, 5.74) is 0. The number of nitrogens with zero attached hydrogens (tertiary/aromatic N) is 3. The van der Waals surface area contributed by atoms with Crippen LogP contribution in [-0.4, -0.2) is 21.3 Å². The van der Waals surface area contributed by atoms with Crippen LogP contribution in [0.2, 0.25) is 0 Å². The van der Waals surface area contributed by atoms with Gasteiger partial charge in [-0.15, -0.1) is 5.92 Å². The van der Waals surface area contributed by atoms with E-state index in [2.05, 4.69) is 27.2 Å². The van der Waals surface area contributed by atoms with Gasteiger partial charge in [0.1, 0.15) is 12.2 Å². The summed E-state index contributed by atoms with van der Waals surface area (Å²) in [5, 5.41) is 7.08. The van der Waals surface area contributed by atoms with Gasteiger partial charge in [-0.1, -0.05) is 5.92 Å². The Kier molecular flexibility index (Phi) is 3.30. The Balaban J connectivity index is 2.32. The third kappa shape index (κ3) is 2.36. The first-order valence-electron chi connectivity index (χ1n) is 3.78. The average molecular weight is 164 g/mol. The third-order valence-corrected chi connectivity index (χ3v) is 1.48. The van der Waals surface area contributed by atoms with Crippen LogP contribution in [0, 0.1) is 11.8 Å². The lowest BCUT2D eigenvalue weighted by Crippen LogP contribution is -2.16. The van der Waals surface area contributed by atoms with Crippen molar-refractivity contribution in [1.82, 2.24) is 20.1 Å². The fraction of sp³-hybridized carbons (Fsp3) is 0.500. The molecule has 0 spiro atoms. The number of aromatic nitrogens is 3. The standard InChI is InChI=1S/C8H12N4/c1-3-4-5-9-6-8-10-7-11-12(8)2/h7,9H,5-6H2,1-2H3. The summed E-state index contributed by atoms with van der Waals surface area (Å²) in [6.45, 7) is 3.23. The van der Waals surface area contributed by atoms with Gasteiger partial charge in [-0.3, -0.25) is 10.00 Å². The molecule has 4 heteroatoms. The van der Waals surface area contributed by atoms with Crippen LogP contribution < -0.4 is 5.32 Å². The molecular formula is C8H12N4. The van der Waals surface area contributed by atoms with Crippen molar-refractivity contribution in [2.75, 3.05) is 6.54 Å². The molecule has 0 unspecified atom stereocenters. The maximum atomic E-state index is 4.05. The van der Waals surface area contributed by atoms with E-state index >= 15 is 0 Å². The van der Waals surface area contributed by atoms with Gasteiger partial charge in [0.15, 0.2) is 0 Å². The molecule has 0 atom stereocenters. The third-order valence-electron chi connectivity index (χ3n) is 1.48. The molecule has 1 heterocycles. The number of hydrogen-bond acceptors (Lipinski definition) is 3. The minimum Gasteiger partial charge on any atom is -0.299 e. The lowest BCUT2D eigenvalue weighted by Gasteiger charge is -1.98. The van der Waals surface area contributed by atoms with Crippen molar-refractivity contribution >= 4 is 0 Å². The smallest absolute Gasteiger partial charge is 0.140 e. The molecule has 0 fully saturated rings. The van der Waals surface area contributed by atoms with E-state index in [1.165, 1.54) is 0 Å². The molecule has 0 aromatic carbocycles. The summed E-state index contributed by atoms with van der Waals surface area (Å²) in [4.78, 5) is 4.05. The van der Waals surface area contributed by atoms with E-state index in [0.717, 1.165) is 5.82 Å². The zero-order chi connectivity index (χ0) is 8.81. The molecule has 0 amide bonds. The highest BCUT2D eigenvalue weighted by Crippen LogP contribution is 1.87. The van der Waals surface area contributed by atoms with Gasteiger partial charge in [0.05, 0.1) is 13.1 Å². The van der Waals surface area contributed by atoms with Crippen molar-refractivity contribution in [3.8, 4) is 11.8 Å². The Morgan fingerprint density at radius 2 is 2.50 bits per heavy atom. The van der Waals surface area contributed by atoms with Gasteiger partial charge in [0.2, 0.25) is 0 Å². The first-order chi connectivity index (χ1) is 5.84. The van der Waals surface area contributed by atoms with Gasteiger partial charge in [-0.2, -0.15) is 5.10 Å². The van der Waals surface area contributed by atoms with Crippen LogP contribution in [0.25, 0.3) is 0 Å². The summed E-state index contributed by atoms with van der Waals surface area (Å²) in [5.74, 6) is 6.64. The lowest BCUT2D eigenvalue weighted by atomic mass is 10.5. The van der Waals surface area contributed by atoms with E-state index in [4.69, 9.17) is 0 Å². The Hall–Kier alpha value is -1.34. The zero-order valence-electron chi connectivity index (χ0n) is 7.33. The summed E-state index contributed by atoms with van der Waals surface area (Å²) in [6, 6.07) is 0. The van der Waals surface area contributed by atoms with Crippen molar-refractivity contribution in [2.24, 2.45) is 7.05 Å². The summed E-state index contributed by atoms with van der Waals surface area (Å²) < 4.78 is 1.74. The van der Waals surface area contributed by atoms with Crippen LogP contribution in [-0.2, 0) is 13.6 Å². The molecule has 12 heavy (non-hydrogen) atoms. The lowest BCUT2D eigenvalue weighted by molar-refractivity contribution is 0.645. The number of rotatable bonds is 3. The van der Waals surface area contributed by atoms with Crippen LogP contribution in [0.5, 0.6) is 0 Å². The summed E-state index contributed by atoms with van der Waals surface area (Å²) in [6.07, 6.45) is 1.54. The SMILES string of the molecule is CC#CCNCc1ncnn1C. The molecule has 1 aromatic rings.